The van der Waals surface area contributed by atoms with Gasteiger partial charge in [-0.15, -0.1) is 0 Å². The number of benzene rings is 2. The van der Waals surface area contributed by atoms with E-state index in [2.05, 4.69) is 18.8 Å². The van der Waals surface area contributed by atoms with Crippen LogP contribution >= 0.6 is 0 Å². The van der Waals surface area contributed by atoms with Crippen LogP contribution in [0.3, 0.4) is 0 Å². The predicted molar refractivity (Wildman–Crippen MR) is 230 cm³/mol. The summed E-state index contributed by atoms with van der Waals surface area (Å²) < 4.78 is 11.4. The lowest BCUT2D eigenvalue weighted by molar-refractivity contribution is -0.135. The third-order valence-corrected chi connectivity index (χ3v) is 10.8. The van der Waals surface area contributed by atoms with E-state index < -0.39 is 0 Å². The Balaban J connectivity index is 1.35. The highest BCUT2D eigenvalue weighted by molar-refractivity contribution is 5.72. The zero-order valence-electron chi connectivity index (χ0n) is 34.9. The van der Waals surface area contributed by atoms with Crippen molar-refractivity contribution in [3.05, 3.63) is 89.7 Å². The van der Waals surface area contributed by atoms with Gasteiger partial charge in [0.15, 0.2) is 0 Å². The van der Waals surface area contributed by atoms with Crippen LogP contribution in [0.4, 0.5) is 0 Å². The second kappa shape index (κ2) is 30.7. The molecule has 0 aliphatic carbocycles. The van der Waals surface area contributed by atoms with E-state index in [1.54, 1.807) is 0 Å². The average Bonchev–Trinajstić information content (AvgIpc) is 3.20. The van der Waals surface area contributed by atoms with E-state index in [0.717, 1.165) is 42.5 Å². The van der Waals surface area contributed by atoms with Gasteiger partial charge in [-0.2, -0.15) is 0 Å². The average molecular weight is 754 g/mol. The van der Waals surface area contributed by atoms with E-state index in [0.29, 0.717) is 24.3 Å². The number of rotatable bonds is 33. The van der Waals surface area contributed by atoms with Gasteiger partial charge < -0.3 is 9.47 Å². The summed E-state index contributed by atoms with van der Waals surface area (Å²) in [6.45, 7) is 4.54. The van der Waals surface area contributed by atoms with Gasteiger partial charge in [-0.05, 0) is 60.4 Å². The van der Waals surface area contributed by atoms with Crippen LogP contribution in [0, 0.1) is 0 Å². The first kappa shape index (κ1) is 45.9. The third-order valence-electron chi connectivity index (χ3n) is 10.8. The van der Waals surface area contributed by atoms with Gasteiger partial charge in [0, 0.05) is 19.0 Å². The number of unbranched alkanes of at least 4 members (excludes halogenated alkanes) is 24. The number of pyridine rings is 1. The fourth-order valence-electron chi connectivity index (χ4n) is 7.48. The summed E-state index contributed by atoms with van der Waals surface area (Å²) in [5, 5.41) is 0. The summed E-state index contributed by atoms with van der Waals surface area (Å²) in [4.78, 5) is 29.8. The first-order valence-corrected chi connectivity index (χ1v) is 22.6. The van der Waals surface area contributed by atoms with Crippen LogP contribution in [0.15, 0.2) is 72.9 Å². The fraction of sp³-hybridized carbons (Fsp3) is 0.620. The van der Waals surface area contributed by atoms with Crippen molar-refractivity contribution in [3.63, 3.8) is 0 Å². The maximum atomic E-state index is 12.6. The molecule has 0 atom stereocenters. The van der Waals surface area contributed by atoms with Crippen molar-refractivity contribution in [3.8, 4) is 11.5 Å². The van der Waals surface area contributed by atoms with Crippen LogP contribution in [-0.2, 0) is 9.59 Å². The second-order valence-electron chi connectivity index (χ2n) is 15.8. The summed E-state index contributed by atoms with van der Waals surface area (Å²) in [5.41, 5.74) is 3.01. The van der Waals surface area contributed by atoms with Gasteiger partial charge in [-0.25, -0.2) is 0 Å². The largest absolute Gasteiger partial charge is 0.427 e. The van der Waals surface area contributed by atoms with E-state index in [4.69, 9.17) is 9.47 Å². The standard InChI is InChI=1S/C50H75NO4/c1-3-5-7-9-11-13-15-17-19-21-23-25-27-32-48(52)54-45-38-34-43(35-39-45)50(47-31-29-30-42-51-47)44-36-40-46(41-37-44)55-49(53)33-28-26-24-22-20-18-16-14-12-10-8-6-4-2/h29-31,34-42,50H,3-28,32-33H2,1-2H3. The number of aromatic nitrogens is 1. The zero-order valence-corrected chi connectivity index (χ0v) is 34.9. The topological polar surface area (TPSA) is 65.5 Å². The van der Waals surface area contributed by atoms with Crippen LogP contribution in [0.1, 0.15) is 216 Å². The Hall–Kier alpha value is -3.47. The van der Waals surface area contributed by atoms with E-state index in [9.17, 15) is 9.59 Å². The molecule has 0 spiro atoms. The number of hydrogen-bond acceptors (Lipinski definition) is 5. The molecule has 55 heavy (non-hydrogen) atoms. The highest BCUT2D eigenvalue weighted by atomic mass is 16.5. The number of carbonyl (C=O) groups is 2. The van der Waals surface area contributed by atoms with Gasteiger partial charge in [-0.1, -0.05) is 198 Å². The Kier molecular flexibility index (Phi) is 25.6. The Morgan fingerprint density at radius 3 is 1.07 bits per heavy atom. The SMILES string of the molecule is CCCCCCCCCCCCCCCC(=O)Oc1ccc(C(c2ccc(OC(=O)CCCCCCCCCCCCCCC)cc2)c2ccccn2)cc1. The van der Waals surface area contributed by atoms with Crippen molar-refractivity contribution in [2.45, 2.75) is 200 Å². The monoisotopic (exact) mass is 754 g/mol. The maximum Gasteiger partial charge on any atom is 0.311 e. The summed E-state index contributed by atoms with van der Waals surface area (Å²) >= 11 is 0. The normalized spacial score (nSPS) is 11.3. The lowest BCUT2D eigenvalue weighted by Gasteiger charge is -2.18. The predicted octanol–water partition coefficient (Wildman–Crippen LogP) is 15.0. The molecule has 5 heteroatoms. The second-order valence-corrected chi connectivity index (χ2v) is 15.8. The van der Waals surface area contributed by atoms with Gasteiger partial charge in [0.25, 0.3) is 0 Å². The van der Waals surface area contributed by atoms with Crippen molar-refractivity contribution in [2.75, 3.05) is 0 Å². The van der Waals surface area contributed by atoms with Crippen LogP contribution in [0.2, 0.25) is 0 Å². The quantitative estimate of drug-likeness (QED) is 0.0352. The zero-order chi connectivity index (χ0) is 39.0. The van der Waals surface area contributed by atoms with Crippen molar-refractivity contribution in [1.29, 1.82) is 0 Å². The van der Waals surface area contributed by atoms with Crippen molar-refractivity contribution in [2.24, 2.45) is 0 Å². The summed E-state index contributed by atoms with van der Waals surface area (Å²) in [7, 11) is 0. The Morgan fingerprint density at radius 1 is 0.436 bits per heavy atom. The Morgan fingerprint density at radius 2 is 0.764 bits per heavy atom. The molecule has 0 bridgehead atoms. The molecule has 1 heterocycles. The minimum atomic E-state index is -0.170. The van der Waals surface area contributed by atoms with Gasteiger partial charge >= 0.3 is 11.9 Å². The van der Waals surface area contributed by atoms with Gasteiger partial charge in [0.1, 0.15) is 11.5 Å². The molecule has 304 valence electrons. The third kappa shape index (κ3) is 21.4. The van der Waals surface area contributed by atoms with Gasteiger partial charge in [0.05, 0.1) is 11.6 Å². The van der Waals surface area contributed by atoms with E-state index >= 15 is 0 Å². The summed E-state index contributed by atoms with van der Waals surface area (Å²) in [6.07, 6.45) is 36.1. The molecule has 0 fully saturated rings. The molecule has 0 unspecified atom stereocenters. The summed E-state index contributed by atoms with van der Waals surface area (Å²) in [6, 6.07) is 21.5. The maximum absolute atomic E-state index is 12.6. The molecule has 3 aromatic rings. The van der Waals surface area contributed by atoms with Crippen LogP contribution in [0.25, 0.3) is 0 Å². The Labute approximate surface area is 335 Å². The van der Waals surface area contributed by atoms with Crippen molar-refractivity contribution >= 4 is 11.9 Å². The number of esters is 2. The molecule has 0 radical (unpaired) electrons. The van der Waals surface area contributed by atoms with Crippen LogP contribution < -0.4 is 9.47 Å². The van der Waals surface area contributed by atoms with Crippen LogP contribution in [0.5, 0.6) is 11.5 Å². The molecule has 0 N–H and O–H groups in total. The van der Waals surface area contributed by atoms with Gasteiger partial charge in [-0.3, -0.25) is 14.6 Å². The molecule has 0 aliphatic rings. The number of carbonyl (C=O) groups excluding carboxylic acids is 2. The molecule has 0 saturated heterocycles. The van der Waals surface area contributed by atoms with E-state index in [-0.39, 0.29) is 17.9 Å². The first-order valence-electron chi connectivity index (χ1n) is 22.6. The van der Waals surface area contributed by atoms with Crippen molar-refractivity contribution in [1.82, 2.24) is 4.98 Å². The highest BCUT2D eigenvalue weighted by Crippen LogP contribution is 2.33. The first-order chi connectivity index (χ1) is 27.1. The molecular weight excluding hydrogens is 679 g/mol. The molecule has 3 rings (SSSR count). The minimum Gasteiger partial charge on any atom is -0.427 e. The minimum absolute atomic E-state index is 0.118. The molecule has 1 aromatic heterocycles. The lowest BCUT2D eigenvalue weighted by Crippen LogP contribution is -2.09. The lowest BCUT2D eigenvalue weighted by atomic mass is 9.88. The highest BCUT2D eigenvalue weighted by Gasteiger charge is 2.19. The molecule has 5 nitrogen and oxygen atoms in total. The molecular formula is C50H75NO4. The molecule has 0 saturated carbocycles. The van der Waals surface area contributed by atoms with E-state index in [1.807, 2.05) is 72.9 Å². The fourth-order valence-corrected chi connectivity index (χ4v) is 7.48. The van der Waals surface area contributed by atoms with Gasteiger partial charge in [0.2, 0.25) is 0 Å². The molecule has 2 aromatic carbocycles. The number of hydrogen-bond donors (Lipinski definition) is 0. The molecule has 0 amide bonds. The number of ether oxygens (including phenoxy) is 2. The summed E-state index contributed by atoms with van der Waals surface area (Å²) in [5.74, 6) is 0.669. The Bertz CT molecular complexity index is 1280. The smallest absolute Gasteiger partial charge is 0.311 e. The number of nitrogens with zero attached hydrogens (tertiary/aromatic N) is 1. The molecule has 0 aliphatic heterocycles. The van der Waals surface area contributed by atoms with Crippen molar-refractivity contribution < 1.29 is 19.1 Å². The van der Waals surface area contributed by atoms with Crippen LogP contribution in [-0.4, -0.2) is 16.9 Å². The van der Waals surface area contributed by atoms with E-state index in [1.165, 1.54) is 141 Å².